The smallest absolute Gasteiger partial charge is 0.254 e. The quantitative estimate of drug-likeness (QED) is 0.684. The van der Waals surface area contributed by atoms with E-state index in [1.807, 2.05) is 25.1 Å². The maximum atomic E-state index is 14.1. The van der Waals surface area contributed by atoms with Crippen molar-refractivity contribution in [2.24, 2.45) is 0 Å². The van der Waals surface area contributed by atoms with E-state index in [0.717, 1.165) is 18.7 Å². The Hall–Kier alpha value is -2.35. The lowest BCUT2D eigenvalue weighted by molar-refractivity contribution is 0.0161. The van der Waals surface area contributed by atoms with Crippen molar-refractivity contribution in [3.63, 3.8) is 0 Å². The first-order valence-corrected chi connectivity index (χ1v) is 10.3. The van der Waals surface area contributed by atoms with Gasteiger partial charge in [0.1, 0.15) is 5.82 Å². The second-order valence-corrected chi connectivity index (χ2v) is 7.28. The summed E-state index contributed by atoms with van der Waals surface area (Å²) in [6.45, 7) is 5.41. The number of carbonyl (C=O) groups excluding carboxylic acids is 1. The molecule has 2 aromatic carbocycles. The van der Waals surface area contributed by atoms with Gasteiger partial charge >= 0.3 is 0 Å². The van der Waals surface area contributed by atoms with Crippen molar-refractivity contribution in [3.05, 3.63) is 58.4 Å². The molecule has 0 spiro atoms. The second kappa shape index (κ2) is 10.6. The van der Waals surface area contributed by atoms with Gasteiger partial charge in [0.25, 0.3) is 5.91 Å². The number of benzene rings is 2. The van der Waals surface area contributed by atoms with Gasteiger partial charge in [-0.2, -0.15) is 0 Å². The first-order valence-electron chi connectivity index (χ1n) is 9.89. The molecule has 0 radical (unpaired) electrons. The maximum absolute atomic E-state index is 14.1. The topological polar surface area (TPSA) is 60.0 Å². The molecule has 1 aliphatic heterocycles. The second-order valence-electron chi connectivity index (χ2n) is 6.84. The molecule has 2 aromatic rings. The first-order chi connectivity index (χ1) is 14.5. The van der Waals surface area contributed by atoms with Gasteiger partial charge in [-0.05, 0) is 42.8 Å². The Morgan fingerprint density at radius 1 is 1.23 bits per heavy atom. The fourth-order valence-electron chi connectivity index (χ4n) is 3.47. The number of morpholine rings is 1. The van der Waals surface area contributed by atoms with Crippen LogP contribution in [0, 0.1) is 5.82 Å². The number of carbonyl (C=O) groups is 1. The Bertz CT molecular complexity index is 874. The Balaban J connectivity index is 1.82. The van der Waals surface area contributed by atoms with Crippen LogP contribution in [-0.2, 0) is 4.74 Å². The van der Waals surface area contributed by atoms with Gasteiger partial charge in [0, 0.05) is 24.7 Å². The van der Waals surface area contributed by atoms with Crippen molar-refractivity contribution in [3.8, 4) is 11.5 Å². The number of nitrogens with zero attached hydrogens (tertiary/aromatic N) is 1. The van der Waals surface area contributed by atoms with Gasteiger partial charge in [-0.15, -0.1) is 0 Å². The summed E-state index contributed by atoms with van der Waals surface area (Å²) in [4.78, 5) is 14.8. The number of methoxy groups -OCH3 is 1. The third-order valence-corrected chi connectivity index (χ3v) is 5.22. The zero-order chi connectivity index (χ0) is 21.5. The van der Waals surface area contributed by atoms with E-state index in [2.05, 4.69) is 10.2 Å². The molecular weight excluding hydrogens is 411 g/mol. The van der Waals surface area contributed by atoms with Crippen LogP contribution in [0.5, 0.6) is 11.5 Å². The molecule has 0 aromatic heterocycles. The molecule has 0 bridgehead atoms. The molecule has 0 aliphatic carbocycles. The van der Waals surface area contributed by atoms with Crippen LogP contribution in [0.15, 0.2) is 36.4 Å². The highest BCUT2D eigenvalue weighted by atomic mass is 35.5. The van der Waals surface area contributed by atoms with E-state index in [9.17, 15) is 9.18 Å². The number of amides is 1. The Morgan fingerprint density at radius 2 is 2.00 bits per heavy atom. The highest BCUT2D eigenvalue weighted by molar-refractivity contribution is 6.31. The number of rotatable bonds is 8. The van der Waals surface area contributed by atoms with E-state index < -0.39 is 11.7 Å². The highest BCUT2D eigenvalue weighted by Gasteiger charge is 2.25. The average molecular weight is 437 g/mol. The molecule has 3 rings (SSSR count). The summed E-state index contributed by atoms with van der Waals surface area (Å²) in [6, 6.07) is 9.53. The van der Waals surface area contributed by atoms with E-state index in [4.69, 9.17) is 25.8 Å². The molecule has 1 atom stereocenters. The Labute approximate surface area is 180 Å². The van der Waals surface area contributed by atoms with Gasteiger partial charge in [0.15, 0.2) is 11.5 Å². The van der Waals surface area contributed by atoms with Gasteiger partial charge in [0.05, 0.1) is 38.5 Å². The minimum absolute atomic E-state index is 0.0764. The lowest BCUT2D eigenvalue weighted by Crippen LogP contribution is -2.44. The van der Waals surface area contributed by atoms with E-state index in [1.54, 1.807) is 7.11 Å². The summed E-state index contributed by atoms with van der Waals surface area (Å²) >= 11 is 5.92. The summed E-state index contributed by atoms with van der Waals surface area (Å²) in [6.07, 6.45) is 0. The molecule has 1 amide bonds. The molecule has 1 saturated heterocycles. The van der Waals surface area contributed by atoms with E-state index in [1.165, 1.54) is 18.2 Å². The molecule has 1 aliphatic rings. The highest BCUT2D eigenvalue weighted by Crippen LogP contribution is 2.32. The average Bonchev–Trinajstić information content (AvgIpc) is 2.77. The summed E-state index contributed by atoms with van der Waals surface area (Å²) in [5.41, 5.74) is 0.886. The first kappa shape index (κ1) is 22.3. The van der Waals surface area contributed by atoms with Crippen molar-refractivity contribution in [1.82, 2.24) is 10.2 Å². The number of ether oxygens (including phenoxy) is 3. The van der Waals surface area contributed by atoms with Crippen LogP contribution in [0.4, 0.5) is 4.39 Å². The van der Waals surface area contributed by atoms with Crippen LogP contribution < -0.4 is 14.8 Å². The fraction of sp³-hybridized carbons (Fsp3) is 0.409. The van der Waals surface area contributed by atoms with Crippen LogP contribution in [0.1, 0.15) is 28.9 Å². The molecule has 6 nitrogen and oxygen atoms in total. The molecule has 8 heteroatoms. The minimum Gasteiger partial charge on any atom is -0.493 e. The summed E-state index contributed by atoms with van der Waals surface area (Å²) in [5.74, 6) is 0.169. The van der Waals surface area contributed by atoms with Crippen LogP contribution in [0.25, 0.3) is 0 Å². The molecular formula is C22H26ClFN2O4. The van der Waals surface area contributed by atoms with Crippen molar-refractivity contribution in [2.45, 2.75) is 13.0 Å². The lowest BCUT2D eigenvalue weighted by atomic mass is 10.0. The van der Waals surface area contributed by atoms with E-state index >= 15 is 0 Å². The zero-order valence-electron chi connectivity index (χ0n) is 17.1. The minimum atomic E-state index is -0.609. The third-order valence-electron chi connectivity index (χ3n) is 4.99. The largest absolute Gasteiger partial charge is 0.493 e. The molecule has 162 valence electrons. The number of hydrogen-bond acceptors (Lipinski definition) is 5. The molecule has 1 N–H and O–H groups in total. The van der Waals surface area contributed by atoms with Crippen molar-refractivity contribution in [1.29, 1.82) is 0 Å². The Morgan fingerprint density at radius 3 is 2.70 bits per heavy atom. The molecule has 0 saturated carbocycles. The van der Waals surface area contributed by atoms with Crippen molar-refractivity contribution in [2.75, 3.05) is 46.6 Å². The predicted molar refractivity (Wildman–Crippen MR) is 113 cm³/mol. The molecule has 30 heavy (non-hydrogen) atoms. The zero-order valence-corrected chi connectivity index (χ0v) is 17.9. The monoisotopic (exact) mass is 436 g/mol. The van der Waals surface area contributed by atoms with Gasteiger partial charge in [0.2, 0.25) is 0 Å². The summed E-state index contributed by atoms with van der Waals surface area (Å²) in [5, 5.41) is 3.16. The van der Waals surface area contributed by atoms with Gasteiger partial charge < -0.3 is 19.5 Å². The number of halogens is 2. The van der Waals surface area contributed by atoms with Crippen LogP contribution in [-0.4, -0.2) is 57.4 Å². The van der Waals surface area contributed by atoms with Crippen molar-refractivity contribution < 1.29 is 23.4 Å². The van der Waals surface area contributed by atoms with E-state index in [-0.39, 0.29) is 11.6 Å². The molecule has 1 heterocycles. The van der Waals surface area contributed by atoms with E-state index in [0.29, 0.717) is 42.9 Å². The molecule has 1 fully saturated rings. The van der Waals surface area contributed by atoms with Gasteiger partial charge in [-0.25, -0.2) is 4.39 Å². The lowest BCUT2D eigenvalue weighted by Gasteiger charge is -2.35. The standard InChI is InChI=1S/C22H26ClFN2O4/c1-3-30-20-7-4-15(12-21(20)28-2)19(26-8-10-29-11-9-26)14-25-22(27)17-13-16(23)5-6-18(17)24/h4-7,12-13,19H,3,8-11,14H2,1-2H3,(H,25,27). The SMILES string of the molecule is CCOc1ccc(C(CNC(=O)c2cc(Cl)ccc2F)N2CCOCC2)cc1OC. The summed E-state index contributed by atoms with van der Waals surface area (Å²) in [7, 11) is 1.59. The normalized spacial score (nSPS) is 15.5. The third kappa shape index (κ3) is 5.41. The fourth-order valence-corrected chi connectivity index (χ4v) is 3.64. The maximum Gasteiger partial charge on any atom is 0.254 e. The van der Waals surface area contributed by atoms with Crippen LogP contribution >= 0.6 is 11.6 Å². The van der Waals surface area contributed by atoms with Crippen molar-refractivity contribution >= 4 is 17.5 Å². The van der Waals surface area contributed by atoms with Crippen LogP contribution in [0.3, 0.4) is 0 Å². The van der Waals surface area contributed by atoms with Gasteiger partial charge in [-0.3, -0.25) is 9.69 Å². The predicted octanol–water partition coefficient (Wildman–Crippen LogP) is 3.69. The molecule has 1 unspecified atom stereocenters. The number of hydrogen-bond donors (Lipinski definition) is 1. The summed E-state index contributed by atoms with van der Waals surface area (Å²) < 4.78 is 30.6. The van der Waals surface area contributed by atoms with Gasteiger partial charge in [-0.1, -0.05) is 17.7 Å². The van der Waals surface area contributed by atoms with Crippen LogP contribution in [0.2, 0.25) is 5.02 Å². The Kier molecular flexibility index (Phi) is 7.90. The number of nitrogens with one attached hydrogen (secondary N) is 1.